The van der Waals surface area contributed by atoms with Gasteiger partial charge in [-0.2, -0.15) is 0 Å². The van der Waals surface area contributed by atoms with E-state index in [9.17, 15) is 9.18 Å². The third-order valence-electron chi connectivity index (χ3n) is 3.02. The lowest BCUT2D eigenvalue weighted by molar-refractivity contribution is -0.115. The highest BCUT2D eigenvalue weighted by Crippen LogP contribution is 2.28. The van der Waals surface area contributed by atoms with Crippen molar-refractivity contribution in [2.24, 2.45) is 0 Å². The maximum Gasteiger partial charge on any atom is 0.224 e. The molecular weight excluding hydrogens is 255 g/mol. The first-order chi connectivity index (χ1) is 9.49. The Labute approximate surface area is 117 Å². The van der Waals surface area contributed by atoms with Crippen molar-refractivity contribution in [1.29, 1.82) is 0 Å². The second-order valence-corrected chi connectivity index (χ2v) is 4.72. The summed E-state index contributed by atoms with van der Waals surface area (Å²) in [6.07, 6.45) is 0.378. The van der Waals surface area contributed by atoms with Crippen molar-refractivity contribution < 1.29 is 9.18 Å². The number of rotatable bonds is 3. The van der Waals surface area contributed by atoms with Crippen molar-refractivity contribution in [2.45, 2.75) is 20.3 Å². The monoisotopic (exact) mass is 272 g/mol. The van der Waals surface area contributed by atoms with Gasteiger partial charge in [-0.3, -0.25) is 4.79 Å². The molecule has 2 rings (SSSR count). The first-order valence-corrected chi connectivity index (χ1v) is 6.46. The maximum atomic E-state index is 13.5. The van der Waals surface area contributed by atoms with E-state index in [0.29, 0.717) is 17.8 Å². The summed E-state index contributed by atoms with van der Waals surface area (Å²) in [5.74, 6) is -0.389. The predicted octanol–water partition coefficient (Wildman–Crippen LogP) is 3.73. The first-order valence-electron chi connectivity index (χ1n) is 6.46. The van der Waals surface area contributed by atoms with Crippen molar-refractivity contribution in [3.8, 4) is 11.1 Å². The largest absolute Gasteiger partial charge is 0.397 e. The molecule has 0 fully saturated rings. The number of benzene rings is 2. The third-order valence-corrected chi connectivity index (χ3v) is 3.02. The van der Waals surface area contributed by atoms with Crippen LogP contribution in [0.25, 0.3) is 11.1 Å². The van der Waals surface area contributed by atoms with Gasteiger partial charge in [-0.05, 0) is 47.9 Å². The van der Waals surface area contributed by atoms with E-state index in [4.69, 9.17) is 5.73 Å². The quantitative estimate of drug-likeness (QED) is 0.836. The highest BCUT2D eigenvalue weighted by atomic mass is 19.1. The van der Waals surface area contributed by atoms with E-state index in [1.54, 1.807) is 19.1 Å². The smallest absolute Gasteiger partial charge is 0.224 e. The van der Waals surface area contributed by atoms with Crippen LogP contribution >= 0.6 is 0 Å². The van der Waals surface area contributed by atoms with Crippen molar-refractivity contribution in [3.63, 3.8) is 0 Å². The van der Waals surface area contributed by atoms with E-state index in [-0.39, 0.29) is 11.7 Å². The number of carbonyl (C=O) groups excluding carboxylic acids is 1. The van der Waals surface area contributed by atoms with E-state index < -0.39 is 0 Å². The molecule has 2 aromatic rings. The Balaban J connectivity index is 2.42. The number of hydrogen-bond donors (Lipinski definition) is 2. The molecule has 3 N–H and O–H groups in total. The summed E-state index contributed by atoms with van der Waals surface area (Å²) in [5.41, 5.74) is 9.30. The molecule has 0 spiro atoms. The molecule has 0 atom stereocenters. The molecule has 0 bridgehead atoms. The van der Waals surface area contributed by atoms with E-state index in [0.717, 1.165) is 16.7 Å². The van der Waals surface area contributed by atoms with Crippen LogP contribution in [-0.2, 0) is 4.79 Å². The topological polar surface area (TPSA) is 55.1 Å². The molecule has 104 valence electrons. The van der Waals surface area contributed by atoms with Crippen LogP contribution in [0.3, 0.4) is 0 Å². The molecule has 0 aliphatic rings. The number of amides is 1. The zero-order chi connectivity index (χ0) is 14.7. The number of nitrogens with two attached hydrogens (primary N) is 1. The average molecular weight is 272 g/mol. The summed E-state index contributed by atoms with van der Waals surface area (Å²) in [4.78, 5) is 11.5. The summed E-state index contributed by atoms with van der Waals surface area (Å²) < 4.78 is 13.5. The first kappa shape index (κ1) is 14.1. The fourth-order valence-electron chi connectivity index (χ4n) is 1.99. The van der Waals surface area contributed by atoms with Crippen LogP contribution in [-0.4, -0.2) is 5.91 Å². The van der Waals surface area contributed by atoms with Crippen LogP contribution in [0, 0.1) is 12.7 Å². The second kappa shape index (κ2) is 5.74. The fraction of sp³-hybridized carbons (Fsp3) is 0.188. The third kappa shape index (κ3) is 3.15. The van der Waals surface area contributed by atoms with Gasteiger partial charge >= 0.3 is 0 Å². The molecule has 3 nitrogen and oxygen atoms in total. The summed E-state index contributed by atoms with van der Waals surface area (Å²) in [6.45, 7) is 3.61. The van der Waals surface area contributed by atoms with Gasteiger partial charge in [-0.15, -0.1) is 0 Å². The van der Waals surface area contributed by atoms with Crippen LogP contribution in [0.15, 0.2) is 36.4 Å². The zero-order valence-electron chi connectivity index (χ0n) is 11.5. The molecular formula is C16H17FN2O. The number of halogens is 1. The minimum absolute atomic E-state index is 0.107. The SMILES string of the molecule is CCC(=O)Nc1cc(-c2cc(C)cc(F)c2)ccc1N. The molecule has 0 radical (unpaired) electrons. The average Bonchev–Trinajstić information content (AvgIpc) is 2.40. The van der Waals surface area contributed by atoms with E-state index in [1.165, 1.54) is 12.1 Å². The minimum Gasteiger partial charge on any atom is -0.397 e. The predicted molar refractivity (Wildman–Crippen MR) is 79.9 cm³/mol. The standard InChI is InChI=1S/C16H17FN2O/c1-3-16(20)19-15-9-11(4-5-14(15)18)12-6-10(2)7-13(17)8-12/h4-9H,3,18H2,1-2H3,(H,19,20). The van der Waals surface area contributed by atoms with Gasteiger partial charge in [-0.25, -0.2) is 4.39 Å². The van der Waals surface area contributed by atoms with Gasteiger partial charge in [0.15, 0.2) is 0 Å². The van der Waals surface area contributed by atoms with Gasteiger partial charge < -0.3 is 11.1 Å². The van der Waals surface area contributed by atoms with Crippen LogP contribution in [0.4, 0.5) is 15.8 Å². The summed E-state index contributed by atoms with van der Waals surface area (Å²) in [7, 11) is 0. The van der Waals surface area contributed by atoms with Gasteiger partial charge in [0.2, 0.25) is 5.91 Å². The van der Waals surface area contributed by atoms with Crippen molar-refractivity contribution in [2.75, 3.05) is 11.1 Å². The van der Waals surface area contributed by atoms with E-state index in [1.807, 2.05) is 19.1 Å². The van der Waals surface area contributed by atoms with Crippen molar-refractivity contribution in [1.82, 2.24) is 0 Å². The number of carbonyl (C=O) groups is 1. The second-order valence-electron chi connectivity index (χ2n) is 4.72. The van der Waals surface area contributed by atoms with Gasteiger partial charge in [0.05, 0.1) is 11.4 Å². The highest BCUT2D eigenvalue weighted by Gasteiger charge is 2.07. The van der Waals surface area contributed by atoms with E-state index in [2.05, 4.69) is 5.32 Å². The Morgan fingerprint density at radius 3 is 2.60 bits per heavy atom. The van der Waals surface area contributed by atoms with Crippen molar-refractivity contribution in [3.05, 3.63) is 47.8 Å². The van der Waals surface area contributed by atoms with Gasteiger partial charge in [-0.1, -0.05) is 19.1 Å². The number of aryl methyl sites for hydroxylation is 1. The molecule has 0 heterocycles. The summed E-state index contributed by atoms with van der Waals surface area (Å²) >= 11 is 0. The fourth-order valence-corrected chi connectivity index (χ4v) is 1.99. The zero-order valence-corrected chi connectivity index (χ0v) is 11.5. The van der Waals surface area contributed by atoms with Gasteiger partial charge in [0.1, 0.15) is 5.82 Å². The molecule has 0 saturated carbocycles. The number of hydrogen-bond acceptors (Lipinski definition) is 2. The molecule has 4 heteroatoms. The van der Waals surface area contributed by atoms with E-state index >= 15 is 0 Å². The number of anilines is 2. The Morgan fingerprint density at radius 1 is 1.20 bits per heavy atom. The molecule has 0 saturated heterocycles. The maximum absolute atomic E-state index is 13.5. The Bertz CT molecular complexity index is 633. The molecule has 0 unspecified atom stereocenters. The molecule has 0 aliphatic carbocycles. The normalized spacial score (nSPS) is 10.3. The number of nitrogens with one attached hydrogen (secondary N) is 1. The number of nitrogen functional groups attached to an aromatic ring is 1. The summed E-state index contributed by atoms with van der Waals surface area (Å²) in [5, 5.41) is 2.74. The van der Waals surface area contributed by atoms with Gasteiger partial charge in [0.25, 0.3) is 0 Å². The molecule has 0 aliphatic heterocycles. The molecule has 0 aromatic heterocycles. The molecule has 1 amide bonds. The Morgan fingerprint density at radius 2 is 1.95 bits per heavy atom. The molecule has 20 heavy (non-hydrogen) atoms. The highest BCUT2D eigenvalue weighted by molar-refractivity contribution is 5.94. The van der Waals surface area contributed by atoms with Gasteiger partial charge in [0, 0.05) is 6.42 Å². The van der Waals surface area contributed by atoms with Crippen LogP contribution < -0.4 is 11.1 Å². The van der Waals surface area contributed by atoms with Crippen LogP contribution in [0.2, 0.25) is 0 Å². The molecule has 2 aromatic carbocycles. The summed E-state index contributed by atoms with van der Waals surface area (Å²) in [6, 6.07) is 10.1. The van der Waals surface area contributed by atoms with Crippen molar-refractivity contribution >= 4 is 17.3 Å². The lowest BCUT2D eigenvalue weighted by Gasteiger charge is -2.10. The minimum atomic E-state index is -0.282. The van der Waals surface area contributed by atoms with Crippen LogP contribution in [0.5, 0.6) is 0 Å². The van der Waals surface area contributed by atoms with Crippen LogP contribution in [0.1, 0.15) is 18.9 Å². The lowest BCUT2D eigenvalue weighted by Crippen LogP contribution is -2.11. The Hall–Kier alpha value is -2.36. The lowest BCUT2D eigenvalue weighted by atomic mass is 10.0. The Kier molecular flexibility index (Phi) is 4.03.